The first-order valence-corrected chi connectivity index (χ1v) is 7.59. The standard InChI is InChI=1S/C17H21N3O/c1-13(19-17(21)11-20-9-8-18-12-20)15-7-6-14-4-2-3-5-16(14)10-15/h6-10,12-13H,2-5,11H2,1H3,(H,19,21)/t13-/m0/s1. The van der Waals surface area contributed by atoms with Crippen molar-refractivity contribution in [2.75, 3.05) is 0 Å². The third-order valence-corrected chi connectivity index (χ3v) is 4.14. The van der Waals surface area contributed by atoms with E-state index in [0.29, 0.717) is 6.54 Å². The van der Waals surface area contributed by atoms with E-state index in [9.17, 15) is 4.79 Å². The number of nitrogens with one attached hydrogen (secondary N) is 1. The molecule has 110 valence electrons. The highest BCUT2D eigenvalue weighted by atomic mass is 16.2. The van der Waals surface area contributed by atoms with Crippen LogP contribution >= 0.6 is 0 Å². The number of rotatable bonds is 4. The summed E-state index contributed by atoms with van der Waals surface area (Å²) >= 11 is 0. The number of fused-ring (bicyclic) bond motifs is 1. The number of carbonyl (C=O) groups is 1. The molecule has 0 unspecified atom stereocenters. The average Bonchev–Trinajstić information content (AvgIpc) is 2.99. The van der Waals surface area contributed by atoms with Crippen molar-refractivity contribution in [1.82, 2.24) is 14.9 Å². The number of nitrogens with zero attached hydrogens (tertiary/aromatic N) is 2. The maximum Gasteiger partial charge on any atom is 0.240 e. The maximum atomic E-state index is 12.0. The average molecular weight is 283 g/mol. The van der Waals surface area contributed by atoms with Gasteiger partial charge in [-0.15, -0.1) is 0 Å². The Hall–Kier alpha value is -2.10. The summed E-state index contributed by atoms with van der Waals surface area (Å²) in [5.74, 6) is 0.0122. The van der Waals surface area contributed by atoms with Crippen molar-refractivity contribution in [2.24, 2.45) is 0 Å². The first-order chi connectivity index (χ1) is 10.2. The largest absolute Gasteiger partial charge is 0.348 e. The first kappa shape index (κ1) is 13.9. The Kier molecular flexibility index (Phi) is 4.04. The molecule has 0 radical (unpaired) electrons. The van der Waals surface area contributed by atoms with E-state index in [4.69, 9.17) is 0 Å². The van der Waals surface area contributed by atoms with E-state index in [1.807, 2.05) is 6.92 Å². The Morgan fingerprint density at radius 3 is 2.90 bits per heavy atom. The van der Waals surface area contributed by atoms with Crippen LogP contribution in [0.5, 0.6) is 0 Å². The van der Waals surface area contributed by atoms with Crippen LogP contribution < -0.4 is 5.32 Å². The van der Waals surface area contributed by atoms with Crippen molar-refractivity contribution in [3.05, 3.63) is 53.6 Å². The summed E-state index contributed by atoms with van der Waals surface area (Å²) in [6, 6.07) is 6.67. The fraction of sp³-hybridized carbons (Fsp3) is 0.412. The van der Waals surface area contributed by atoms with Crippen LogP contribution in [0.1, 0.15) is 42.5 Å². The van der Waals surface area contributed by atoms with E-state index in [1.54, 1.807) is 23.3 Å². The molecular formula is C17H21N3O. The second kappa shape index (κ2) is 6.12. The van der Waals surface area contributed by atoms with Gasteiger partial charge < -0.3 is 9.88 Å². The summed E-state index contributed by atoms with van der Waals surface area (Å²) < 4.78 is 1.77. The van der Waals surface area contributed by atoms with Crippen LogP contribution in [0.3, 0.4) is 0 Å². The molecule has 4 heteroatoms. The van der Waals surface area contributed by atoms with Gasteiger partial charge in [0.1, 0.15) is 6.54 Å². The Morgan fingerprint density at radius 1 is 1.33 bits per heavy atom. The van der Waals surface area contributed by atoms with Gasteiger partial charge in [0.15, 0.2) is 0 Å². The zero-order valence-corrected chi connectivity index (χ0v) is 12.4. The molecule has 1 amide bonds. The zero-order valence-electron chi connectivity index (χ0n) is 12.4. The normalized spacial score (nSPS) is 15.3. The number of hydrogen-bond acceptors (Lipinski definition) is 2. The lowest BCUT2D eigenvalue weighted by molar-refractivity contribution is -0.122. The fourth-order valence-corrected chi connectivity index (χ4v) is 2.94. The maximum absolute atomic E-state index is 12.0. The third kappa shape index (κ3) is 3.32. The van der Waals surface area contributed by atoms with E-state index < -0.39 is 0 Å². The molecule has 0 fully saturated rings. The Bertz CT molecular complexity index is 619. The minimum atomic E-state index is 0.0122. The number of carbonyl (C=O) groups excluding carboxylic acids is 1. The van der Waals surface area contributed by atoms with Crippen molar-refractivity contribution in [1.29, 1.82) is 0 Å². The summed E-state index contributed by atoms with van der Waals surface area (Å²) in [6.45, 7) is 2.35. The number of aromatic nitrogens is 2. The monoisotopic (exact) mass is 283 g/mol. The number of imidazole rings is 1. The zero-order chi connectivity index (χ0) is 14.7. The van der Waals surface area contributed by atoms with Crippen molar-refractivity contribution in [2.45, 2.75) is 45.2 Å². The predicted molar refractivity (Wildman–Crippen MR) is 81.9 cm³/mol. The summed E-state index contributed by atoms with van der Waals surface area (Å²) in [7, 11) is 0. The molecule has 21 heavy (non-hydrogen) atoms. The van der Waals surface area contributed by atoms with Crippen LogP contribution in [-0.4, -0.2) is 15.5 Å². The quantitative estimate of drug-likeness (QED) is 0.937. The molecule has 4 nitrogen and oxygen atoms in total. The highest BCUT2D eigenvalue weighted by Crippen LogP contribution is 2.24. The number of benzene rings is 1. The minimum absolute atomic E-state index is 0.0122. The highest BCUT2D eigenvalue weighted by Gasteiger charge is 2.14. The van der Waals surface area contributed by atoms with Gasteiger partial charge in [0.25, 0.3) is 0 Å². The third-order valence-electron chi connectivity index (χ3n) is 4.14. The van der Waals surface area contributed by atoms with E-state index in [-0.39, 0.29) is 11.9 Å². The van der Waals surface area contributed by atoms with E-state index in [1.165, 1.54) is 42.4 Å². The summed E-state index contributed by atoms with van der Waals surface area (Å²) in [4.78, 5) is 16.0. The van der Waals surface area contributed by atoms with Crippen LogP contribution in [0.2, 0.25) is 0 Å². The first-order valence-electron chi connectivity index (χ1n) is 7.59. The SMILES string of the molecule is C[C@H](NC(=O)Cn1ccnc1)c1ccc2c(c1)CCCC2. The molecule has 0 saturated heterocycles. The molecule has 0 saturated carbocycles. The Labute approximate surface area is 125 Å². The van der Waals surface area contributed by atoms with Gasteiger partial charge in [-0.2, -0.15) is 0 Å². The molecule has 1 atom stereocenters. The number of amides is 1. The van der Waals surface area contributed by atoms with E-state index >= 15 is 0 Å². The number of hydrogen-bond donors (Lipinski definition) is 1. The van der Waals surface area contributed by atoms with Crippen LogP contribution in [0.15, 0.2) is 36.9 Å². The Balaban J connectivity index is 1.64. The minimum Gasteiger partial charge on any atom is -0.348 e. The Morgan fingerprint density at radius 2 is 2.14 bits per heavy atom. The second-order valence-electron chi connectivity index (χ2n) is 5.76. The van der Waals surface area contributed by atoms with Gasteiger partial charge in [-0.25, -0.2) is 4.98 Å². The van der Waals surface area contributed by atoms with Gasteiger partial charge in [0, 0.05) is 12.4 Å². The molecule has 3 rings (SSSR count). The topological polar surface area (TPSA) is 46.9 Å². The molecule has 0 spiro atoms. The molecule has 1 aromatic carbocycles. The van der Waals surface area contributed by atoms with Gasteiger partial charge in [-0.1, -0.05) is 18.2 Å². The molecule has 2 aromatic rings. The van der Waals surface area contributed by atoms with Crippen molar-refractivity contribution >= 4 is 5.91 Å². The summed E-state index contributed by atoms with van der Waals surface area (Å²) in [5, 5.41) is 3.05. The summed E-state index contributed by atoms with van der Waals surface area (Å²) in [6.07, 6.45) is 10.1. The molecular weight excluding hydrogens is 262 g/mol. The second-order valence-corrected chi connectivity index (χ2v) is 5.76. The van der Waals surface area contributed by atoms with E-state index in [0.717, 1.165) is 0 Å². The molecule has 0 aliphatic heterocycles. The van der Waals surface area contributed by atoms with E-state index in [2.05, 4.69) is 28.5 Å². The molecule has 1 aliphatic carbocycles. The highest BCUT2D eigenvalue weighted by molar-refractivity contribution is 5.76. The van der Waals surface area contributed by atoms with Gasteiger partial charge in [0.2, 0.25) is 5.91 Å². The molecule has 0 bridgehead atoms. The molecule has 1 aromatic heterocycles. The van der Waals surface area contributed by atoms with Gasteiger partial charge >= 0.3 is 0 Å². The fourth-order valence-electron chi connectivity index (χ4n) is 2.94. The van der Waals surface area contributed by atoms with Crippen LogP contribution in [0.4, 0.5) is 0 Å². The number of aryl methyl sites for hydroxylation is 2. The van der Waals surface area contributed by atoms with Crippen molar-refractivity contribution < 1.29 is 4.79 Å². The lowest BCUT2D eigenvalue weighted by Crippen LogP contribution is -2.29. The molecule has 1 heterocycles. The van der Waals surface area contributed by atoms with Crippen LogP contribution in [0, 0.1) is 0 Å². The van der Waals surface area contributed by atoms with Crippen molar-refractivity contribution in [3.63, 3.8) is 0 Å². The van der Waals surface area contributed by atoms with Gasteiger partial charge in [-0.05, 0) is 49.3 Å². The lowest BCUT2D eigenvalue weighted by Gasteiger charge is -2.20. The van der Waals surface area contributed by atoms with Crippen LogP contribution in [-0.2, 0) is 24.2 Å². The van der Waals surface area contributed by atoms with Gasteiger partial charge in [0.05, 0.1) is 12.4 Å². The predicted octanol–water partition coefficient (Wildman–Crippen LogP) is 2.64. The molecule has 1 aliphatic rings. The lowest BCUT2D eigenvalue weighted by atomic mass is 9.89. The van der Waals surface area contributed by atoms with Gasteiger partial charge in [-0.3, -0.25) is 4.79 Å². The molecule has 1 N–H and O–H groups in total. The summed E-state index contributed by atoms with van der Waals surface area (Å²) in [5.41, 5.74) is 4.12. The smallest absolute Gasteiger partial charge is 0.240 e. The van der Waals surface area contributed by atoms with Crippen molar-refractivity contribution in [3.8, 4) is 0 Å². The van der Waals surface area contributed by atoms with Crippen LogP contribution in [0.25, 0.3) is 0 Å².